The normalized spacial score (nSPS) is 10.5. The number of aromatic nitrogens is 3. The number of rotatable bonds is 6. The zero-order valence-electron chi connectivity index (χ0n) is 16.7. The summed E-state index contributed by atoms with van der Waals surface area (Å²) in [5, 5.41) is 3.24. The fourth-order valence-corrected chi connectivity index (χ4v) is 3.23. The lowest BCUT2D eigenvalue weighted by atomic mass is 9.95. The van der Waals surface area contributed by atoms with E-state index in [2.05, 4.69) is 20.3 Å². The number of hydrogen-bond acceptors (Lipinski definition) is 6. The molecule has 0 spiro atoms. The maximum atomic E-state index is 11.9. The van der Waals surface area contributed by atoms with Crippen molar-refractivity contribution in [3.8, 4) is 22.4 Å². The molecule has 152 valence electrons. The van der Waals surface area contributed by atoms with Crippen molar-refractivity contribution in [2.45, 2.75) is 6.92 Å². The molecule has 0 atom stereocenters. The third-order valence-electron chi connectivity index (χ3n) is 4.85. The predicted molar refractivity (Wildman–Crippen MR) is 119 cm³/mol. The van der Waals surface area contributed by atoms with Gasteiger partial charge in [-0.25, -0.2) is 9.97 Å². The first-order valence-corrected chi connectivity index (χ1v) is 9.55. The van der Waals surface area contributed by atoms with Crippen LogP contribution in [0.4, 0.5) is 11.6 Å². The van der Waals surface area contributed by atoms with E-state index in [1.807, 2.05) is 43.3 Å². The van der Waals surface area contributed by atoms with Gasteiger partial charge in [-0.3, -0.25) is 14.6 Å². The number of benzene rings is 2. The van der Waals surface area contributed by atoms with Crippen LogP contribution in [-0.4, -0.2) is 27.1 Å². The lowest BCUT2D eigenvalue weighted by molar-refractivity contribution is 0.1000. The van der Waals surface area contributed by atoms with Gasteiger partial charge < -0.3 is 11.1 Å². The molecule has 0 saturated heterocycles. The van der Waals surface area contributed by atoms with Crippen LogP contribution >= 0.6 is 0 Å². The van der Waals surface area contributed by atoms with Gasteiger partial charge in [0.15, 0.2) is 0 Å². The van der Waals surface area contributed by atoms with E-state index in [1.165, 1.54) is 0 Å². The van der Waals surface area contributed by atoms with Crippen LogP contribution < -0.4 is 11.1 Å². The van der Waals surface area contributed by atoms with Gasteiger partial charge in [0.25, 0.3) is 0 Å². The number of nitrogens with zero attached hydrogens (tertiary/aromatic N) is 3. The molecule has 7 nitrogen and oxygen atoms in total. The van der Waals surface area contributed by atoms with Crippen molar-refractivity contribution in [2.24, 2.45) is 5.73 Å². The van der Waals surface area contributed by atoms with E-state index in [9.17, 15) is 9.59 Å². The van der Waals surface area contributed by atoms with Crippen molar-refractivity contribution < 1.29 is 9.59 Å². The van der Waals surface area contributed by atoms with Crippen LogP contribution in [0.15, 0.2) is 73.2 Å². The third kappa shape index (κ3) is 4.30. The molecule has 2 heterocycles. The minimum atomic E-state index is -0.560. The van der Waals surface area contributed by atoms with Gasteiger partial charge in [0, 0.05) is 41.0 Å². The number of anilines is 2. The fraction of sp³-hybridized carbons (Fsp3) is 0.0417. The molecule has 31 heavy (non-hydrogen) atoms. The molecular weight excluding hydrogens is 390 g/mol. The van der Waals surface area contributed by atoms with E-state index in [1.54, 1.807) is 36.8 Å². The zero-order valence-corrected chi connectivity index (χ0v) is 16.7. The van der Waals surface area contributed by atoms with Gasteiger partial charge >= 0.3 is 0 Å². The van der Waals surface area contributed by atoms with Crippen molar-refractivity contribution >= 4 is 23.8 Å². The number of carbonyl (C=O) groups is 2. The summed E-state index contributed by atoms with van der Waals surface area (Å²) in [7, 11) is 0. The molecule has 4 rings (SSSR count). The van der Waals surface area contributed by atoms with Crippen molar-refractivity contribution in [3.05, 3.63) is 89.9 Å². The molecule has 7 heteroatoms. The molecule has 0 fully saturated rings. The minimum absolute atomic E-state index is 0.343. The number of nitrogens with two attached hydrogens (primary N) is 1. The van der Waals surface area contributed by atoms with E-state index in [0.29, 0.717) is 22.6 Å². The van der Waals surface area contributed by atoms with Crippen molar-refractivity contribution in [1.29, 1.82) is 0 Å². The Hall–Kier alpha value is -4.39. The predicted octanol–water partition coefficient (Wildman–Crippen LogP) is 4.17. The van der Waals surface area contributed by atoms with Crippen LogP contribution in [0, 0.1) is 6.92 Å². The monoisotopic (exact) mass is 409 g/mol. The average molecular weight is 409 g/mol. The summed E-state index contributed by atoms with van der Waals surface area (Å²) >= 11 is 0. The molecule has 3 N–H and O–H groups in total. The number of aryl methyl sites for hydroxylation is 1. The quantitative estimate of drug-likeness (QED) is 0.463. The van der Waals surface area contributed by atoms with Gasteiger partial charge in [0.1, 0.15) is 6.29 Å². The van der Waals surface area contributed by atoms with Gasteiger partial charge in [-0.05, 0) is 60.0 Å². The fourth-order valence-electron chi connectivity index (χ4n) is 3.23. The highest BCUT2D eigenvalue weighted by atomic mass is 16.1. The Balaban J connectivity index is 1.72. The van der Waals surface area contributed by atoms with Gasteiger partial charge in [-0.2, -0.15) is 0 Å². The van der Waals surface area contributed by atoms with Gasteiger partial charge in [0.2, 0.25) is 11.9 Å². The van der Waals surface area contributed by atoms with Crippen LogP contribution in [0.25, 0.3) is 22.4 Å². The molecule has 0 aliphatic heterocycles. The molecule has 0 bridgehead atoms. The number of primary amides is 1. The Bertz CT molecular complexity index is 1270. The molecule has 1 amide bonds. The van der Waals surface area contributed by atoms with Gasteiger partial charge in [-0.1, -0.05) is 18.2 Å². The second-order valence-corrected chi connectivity index (χ2v) is 6.95. The summed E-state index contributed by atoms with van der Waals surface area (Å²) in [4.78, 5) is 36.1. The maximum absolute atomic E-state index is 11.9. The summed E-state index contributed by atoms with van der Waals surface area (Å²) < 4.78 is 0. The standard InChI is InChI=1S/C24H19N5O2/c1-15-4-6-17(20-11-16(14-30)5-7-19(20)23(25)31)12-22(15)29-24-27-10-8-21(28-24)18-3-2-9-26-13-18/h2-14H,1H3,(H2,25,31)(H,27,28,29). The van der Waals surface area contributed by atoms with Crippen molar-refractivity contribution in [3.63, 3.8) is 0 Å². The Labute approximate surface area is 179 Å². The van der Waals surface area contributed by atoms with Crippen LogP contribution in [-0.2, 0) is 0 Å². The molecule has 0 radical (unpaired) electrons. The second-order valence-electron chi connectivity index (χ2n) is 6.95. The minimum Gasteiger partial charge on any atom is -0.366 e. The average Bonchev–Trinajstić information content (AvgIpc) is 2.81. The highest BCUT2D eigenvalue weighted by Gasteiger charge is 2.13. The van der Waals surface area contributed by atoms with Crippen LogP contribution in [0.3, 0.4) is 0 Å². The summed E-state index contributed by atoms with van der Waals surface area (Å²) in [5.41, 5.74) is 11.0. The summed E-state index contributed by atoms with van der Waals surface area (Å²) in [6.45, 7) is 1.95. The number of pyridine rings is 1. The van der Waals surface area contributed by atoms with Crippen LogP contribution in [0.2, 0.25) is 0 Å². The molecule has 0 aliphatic carbocycles. The maximum Gasteiger partial charge on any atom is 0.249 e. The zero-order chi connectivity index (χ0) is 21.8. The van der Waals surface area contributed by atoms with E-state index < -0.39 is 5.91 Å². The summed E-state index contributed by atoms with van der Waals surface area (Å²) in [6.07, 6.45) is 5.86. The highest BCUT2D eigenvalue weighted by molar-refractivity contribution is 6.01. The Kier molecular flexibility index (Phi) is 5.49. The third-order valence-corrected chi connectivity index (χ3v) is 4.85. The van der Waals surface area contributed by atoms with Gasteiger partial charge in [0.05, 0.1) is 5.69 Å². The number of carbonyl (C=O) groups excluding carboxylic acids is 2. The van der Waals surface area contributed by atoms with Crippen molar-refractivity contribution in [1.82, 2.24) is 15.0 Å². The lowest BCUT2D eigenvalue weighted by Crippen LogP contribution is -2.12. The Morgan fingerprint density at radius 2 is 1.90 bits per heavy atom. The van der Waals surface area contributed by atoms with Gasteiger partial charge in [-0.15, -0.1) is 0 Å². The number of hydrogen-bond donors (Lipinski definition) is 2. The smallest absolute Gasteiger partial charge is 0.249 e. The molecular formula is C24H19N5O2. The first-order valence-electron chi connectivity index (χ1n) is 9.55. The number of amides is 1. The summed E-state index contributed by atoms with van der Waals surface area (Å²) in [5.74, 6) is -0.131. The number of aldehydes is 1. The Morgan fingerprint density at radius 3 is 2.65 bits per heavy atom. The van der Waals surface area contributed by atoms with E-state index >= 15 is 0 Å². The van der Waals surface area contributed by atoms with E-state index in [-0.39, 0.29) is 0 Å². The number of nitrogens with one attached hydrogen (secondary N) is 1. The summed E-state index contributed by atoms with van der Waals surface area (Å²) in [6, 6.07) is 16.1. The first-order chi connectivity index (χ1) is 15.0. The van der Waals surface area contributed by atoms with Crippen molar-refractivity contribution in [2.75, 3.05) is 5.32 Å². The second kappa shape index (κ2) is 8.54. The molecule has 4 aromatic rings. The van der Waals surface area contributed by atoms with E-state index in [0.717, 1.165) is 34.4 Å². The molecule has 0 unspecified atom stereocenters. The highest BCUT2D eigenvalue weighted by Crippen LogP contribution is 2.30. The van der Waals surface area contributed by atoms with E-state index in [4.69, 9.17) is 5.73 Å². The molecule has 2 aromatic carbocycles. The lowest BCUT2D eigenvalue weighted by Gasteiger charge is -2.13. The van der Waals surface area contributed by atoms with Crippen LogP contribution in [0.5, 0.6) is 0 Å². The molecule has 0 saturated carbocycles. The Morgan fingerprint density at radius 1 is 1.03 bits per heavy atom. The SMILES string of the molecule is Cc1ccc(-c2cc(C=O)ccc2C(N)=O)cc1Nc1nccc(-c2cccnc2)n1. The topological polar surface area (TPSA) is 111 Å². The first kappa shape index (κ1) is 19.9. The van der Waals surface area contributed by atoms with Crippen LogP contribution in [0.1, 0.15) is 26.3 Å². The largest absolute Gasteiger partial charge is 0.366 e. The molecule has 0 aliphatic rings. The molecule has 2 aromatic heterocycles.